The standard InChI is InChI=1S/C15H19N3O3/c1-9-12(10-7-5-6-8-11(10)16-9)13(19)17-18-14(20)21-15(2,3)4/h5-8,12H,1-4H3,(H,17,19)(H,18,20). The van der Waals surface area contributed by atoms with Gasteiger partial charge in [-0.25, -0.2) is 10.2 Å². The van der Waals surface area contributed by atoms with Crippen LogP contribution in [0.3, 0.4) is 0 Å². The minimum Gasteiger partial charge on any atom is -0.443 e. The van der Waals surface area contributed by atoms with E-state index in [2.05, 4.69) is 15.8 Å². The number of amides is 2. The maximum absolute atomic E-state index is 12.2. The van der Waals surface area contributed by atoms with Crippen LogP contribution in [0, 0.1) is 0 Å². The van der Waals surface area contributed by atoms with Crippen LogP contribution in [0.5, 0.6) is 0 Å². The number of carbonyl (C=O) groups excluding carboxylic acids is 2. The smallest absolute Gasteiger partial charge is 0.426 e. The topological polar surface area (TPSA) is 79.8 Å². The molecule has 6 nitrogen and oxygen atoms in total. The summed E-state index contributed by atoms with van der Waals surface area (Å²) in [6.07, 6.45) is -0.697. The van der Waals surface area contributed by atoms with Crippen LogP contribution in [-0.2, 0) is 9.53 Å². The Kier molecular flexibility index (Phi) is 3.97. The largest absolute Gasteiger partial charge is 0.443 e. The summed E-state index contributed by atoms with van der Waals surface area (Å²) in [5.74, 6) is -0.830. The van der Waals surface area contributed by atoms with E-state index in [1.165, 1.54) is 0 Å². The third-order valence-corrected chi connectivity index (χ3v) is 2.91. The van der Waals surface area contributed by atoms with Gasteiger partial charge in [0.25, 0.3) is 5.91 Å². The van der Waals surface area contributed by atoms with Gasteiger partial charge in [0.05, 0.1) is 5.69 Å². The van der Waals surface area contributed by atoms with Gasteiger partial charge in [0.15, 0.2) is 0 Å². The first kappa shape index (κ1) is 15.0. The van der Waals surface area contributed by atoms with Gasteiger partial charge >= 0.3 is 6.09 Å². The predicted molar refractivity (Wildman–Crippen MR) is 79.5 cm³/mol. The second-order valence-electron chi connectivity index (χ2n) is 5.86. The number of benzene rings is 1. The first-order valence-corrected chi connectivity index (χ1v) is 6.71. The number of ether oxygens (including phenoxy) is 1. The van der Waals surface area contributed by atoms with E-state index in [0.29, 0.717) is 5.71 Å². The van der Waals surface area contributed by atoms with Crippen molar-refractivity contribution in [1.82, 2.24) is 10.9 Å². The molecule has 0 saturated carbocycles. The third kappa shape index (κ3) is 3.59. The average Bonchev–Trinajstić information content (AvgIpc) is 2.70. The molecule has 1 aromatic rings. The first-order chi connectivity index (χ1) is 9.78. The molecule has 0 saturated heterocycles. The van der Waals surface area contributed by atoms with Gasteiger partial charge < -0.3 is 4.74 Å². The van der Waals surface area contributed by atoms with Crippen molar-refractivity contribution in [3.63, 3.8) is 0 Å². The SMILES string of the molecule is CC1=Nc2ccccc2C1C(=O)NNC(=O)OC(C)(C)C. The van der Waals surface area contributed by atoms with Crippen molar-refractivity contribution in [2.24, 2.45) is 4.99 Å². The molecule has 0 spiro atoms. The van der Waals surface area contributed by atoms with E-state index in [9.17, 15) is 9.59 Å². The zero-order chi connectivity index (χ0) is 15.6. The van der Waals surface area contributed by atoms with E-state index in [-0.39, 0.29) is 5.91 Å². The third-order valence-electron chi connectivity index (χ3n) is 2.91. The Morgan fingerprint density at radius 1 is 1.19 bits per heavy atom. The molecule has 2 N–H and O–H groups in total. The van der Waals surface area contributed by atoms with Crippen molar-refractivity contribution >= 4 is 23.4 Å². The predicted octanol–water partition coefficient (Wildman–Crippen LogP) is 2.43. The van der Waals surface area contributed by atoms with Gasteiger partial charge in [0.1, 0.15) is 11.5 Å². The second kappa shape index (κ2) is 5.55. The summed E-state index contributed by atoms with van der Waals surface area (Å²) in [4.78, 5) is 28.1. The number of rotatable bonds is 1. The number of nitrogens with zero attached hydrogens (tertiary/aromatic N) is 1. The van der Waals surface area contributed by atoms with Crippen LogP contribution in [0.2, 0.25) is 0 Å². The van der Waals surface area contributed by atoms with Crippen LogP contribution < -0.4 is 10.9 Å². The molecule has 0 fully saturated rings. The lowest BCUT2D eigenvalue weighted by atomic mass is 9.96. The average molecular weight is 289 g/mol. The Balaban J connectivity index is 1.99. The molecule has 1 unspecified atom stereocenters. The van der Waals surface area contributed by atoms with E-state index in [4.69, 9.17) is 4.74 Å². The Labute approximate surface area is 123 Å². The summed E-state index contributed by atoms with van der Waals surface area (Å²) in [6.45, 7) is 7.03. The summed E-state index contributed by atoms with van der Waals surface area (Å²) in [5.41, 5.74) is 6.32. The Bertz CT molecular complexity index is 602. The van der Waals surface area contributed by atoms with E-state index < -0.39 is 17.6 Å². The summed E-state index contributed by atoms with van der Waals surface area (Å²) < 4.78 is 5.05. The Morgan fingerprint density at radius 2 is 1.86 bits per heavy atom. The molecule has 1 aliphatic heterocycles. The second-order valence-corrected chi connectivity index (χ2v) is 5.86. The van der Waals surface area contributed by atoms with Crippen LogP contribution in [0.25, 0.3) is 0 Å². The fraction of sp³-hybridized carbons (Fsp3) is 0.400. The molecule has 2 amide bonds. The van der Waals surface area contributed by atoms with Gasteiger partial charge in [-0.1, -0.05) is 18.2 Å². The van der Waals surface area contributed by atoms with Crippen LogP contribution >= 0.6 is 0 Å². The highest BCUT2D eigenvalue weighted by molar-refractivity contribution is 6.12. The maximum Gasteiger partial charge on any atom is 0.426 e. The number of aliphatic imine (C=N–C) groups is 1. The molecule has 1 aromatic carbocycles. The molecule has 1 aliphatic rings. The highest BCUT2D eigenvalue weighted by Crippen LogP contribution is 2.34. The lowest BCUT2D eigenvalue weighted by Gasteiger charge is -2.20. The number of carbonyl (C=O) groups is 2. The molecule has 1 heterocycles. The molecule has 2 rings (SSSR count). The number of para-hydroxylation sites is 1. The zero-order valence-electron chi connectivity index (χ0n) is 12.6. The lowest BCUT2D eigenvalue weighted by Crippen LogP contribution is -2.46. The maximum atomic E-state index is 12.2. The van der Waals surface area contributed by atoms with Crippen molar-refractivity contribution in [1.29, 1.82) is 0 Å². The lowest BCUT2D eigenvalue weighted by molar-refractivity contribution is -0.122. The zero-order valence-corrected chi connectivity index (χ0v) is 12.6. The number of fused-ring (bicyclic) bond motifs is 1. The van der Waals surface area contributed by atoms with E-state index in [1.807, 2.05) is 24.3 Å². The highest BCUT2D eigenvalue weighted by Gasteiger charge is 2.30. The van der Waals surface area contributed by atoms with E-state index in [1.54, 1.807) is 27.7 Å². The quantitative estimate of drug-likeness (QED) is 0.779. The molecular weight excluding hydrogens is 270 g/mol. The van der Waals surface area contributed by atoms with Gasteiger partial charge in [-0.15, -0.1) is 0 Å². The Morgan fingerprint density at radius 3 is 2.52 bits per heavy atom. The molecule has 112 valence electrons. The molecule has 0 aromatic heterocycles. The first-order valence-electron chi connectivity index (χ1n) is 6.71. The monoisotopic (exact) mass is 289 g/mol. The van der Waals surface area contributed by atoms with Crippen LogP contribution in [0.1, 0.15) is 39.2 Å². The van der Waals surface area contributed by atoms with Gasteiger partial charge in [0, 0.05) is 5.71 Å². The molecular formula is C15H19N3O3. The molecule has 21 heavy (non-hydrogen) atoms. The van der Waals surface area contributed by atoms with E-state index >= 15 is 0 Å². The fourth-order valence-electron chi connectivity index (χ4n) is 2.13. The number of hydrogen-bond acceptors (Lipinski definition) is 4. The molecule has 0 aliphatic carbocycles. The summed E-state index contributed by atoms with van der Waals surface area (Å²) in [7, 11) is 0. The van der Waals surface area contributed by atoms with Crippen LogP contribution in [-0.4, -0.2) is 23.3 Å². The van der Waals surface area contributed by atoms with Crippen LogP contribution in [0.15, 0.2) is 29.3 Å². The molecule has 0 bridgehead atoms. The van der Waals surface area contributed by atoms with Crippen molar-refractivity contribution in [2.45, 2.75) is 39.2 Å². The molecule has 1 atom stereocenters. The number of hydrazine groups is 1. The van der Waals surface area contributed by atoms with Crippen molar-refractivity contribution < 1.29 is 14.3 Å². The highest BCUT2D eigenvalue weighted by atomic mass is 16.6. The van der Waals surface area contributed by atoms with Crippen molar-refractivity contribution in [3.05, 3.63) is 29.8 Å². The Hall–Kier alpha value is -2.37. The summed E-state index contributed by atoms with van der Waals surface area (Å²) >= 11 is 0. The minimum absolute atomic E-state index is 0.341. The van der Waals surface area contributed by atoms with Crippen LogP contribution in [0.4, 0.5) is 10.5 Å². The van der Waals surface area contributed by atoms with Gasteiger partial charge in [-0.2, -0.15) is 0 Å². The molecule has 0 radical (unpaired) electrons. The fourth-order valence-corrected chi connectivity index (χ4v) is 2.13. The van der Waals surface area contributed by atoms with Gasteiger partial charge in [-0.3, -0.25) is 15.2 Å². The van der Waals surface area contributed by atoms with Gasteiger partial charge in [0.2, 0.25) is 0 Å². The normalized spacial score (nSPS) is 16.8. The van der Waals surface area contributed by atoms with E-state index in [0.717, 1.165) is 11.3 Å². The summed E-state index contributed by atoms with van der Waals surface area (Å²) in [5, 5.41) is 0. The number of hydrogen-bond donors (Lipinski definition) is 2. The van der Waals surface area contributed by atoms with Crippen molar-refractivity contribution in [2.75, 3.05) is 0 Å². The van der Waals surface area contributed by atoms with Crippen molar-refractivity contribution in [3.8, 4) is 0 Å². The minimum atomic E-state index is -0.697. The van der Waals surface area contributed by atoms with Gasteiger partial charge in [-0.05, 0) is 39.3 Å². The summed E-state index contributed by atoms with van der Waals surface area (Å²) in [6, 6.07) is 7.43. The molecule has 6 heteroatoms. The number of nitrogens with one attached hydrogen (secondary N) is 2.